The number of hydrogen-bond donors (Lipinski definition) is 1. The predicted molar refractivity (Wildman–Crippen MR) is 61.4 cm³/mol. The zero-order valence-corrected chi connectivity index (χ0v) is 9.96. The van der Waals surface area contributed by atoms with Crippen LogP contribution in [-0.4, -0.2) is 33.3 Å². The third kappa shape index (κ3) is 1.24. The Bertz CT molecular complexity index is 438. The van der Waals surface area contributed by atoms with Crippen LogP contribution >= 0.6 is 0 Å². The maximum atomic E-state index is 12.3. The minimum absolute atomic E-state index is 0.281. The van der Waals surface area contributed by atoms with Crippen molar-refractivity contribution in [1.82, 2.24) is 4.90 Å². The summed E-state index contributed by atoms with van der Waals surface area (Å²) in [5, 5.41) is 9.35. The van der Waals surface area contributed by atoms with E-state index in [1.54, 1.807) is 0 Å². The average Bonchev–Trinajstić information content (AvgIpc) is 2.54. The molecule has 1 aliphatic heterocycles. The normalized spacial score (nSPS) is 33.2. The Morgan fingerprint density at radius 1 is 1.17 bits per heavy atom. The molecule has 5 nitrogen and oxygen atoms in total. The number of carboxylic acids is 1. The van der Waals surface area contributed by atoms with Crippen molar-refractivity contribution in [1.29, 1.82) is 0 Å². The second-order valence-electron chi connectivity index (χ2n) is 5.36. The van der Waals surface area contributed by atoms with Crippen LogP contribution in [0.15, 0.2) is 12.2 Å². The molecule has 0 aromatic carbocycles. The summed E-state index contributed by atoms with van der Waals surface area (Å²) in [4.78, 5) is 37.1. The number of carbonyl (C=O) groups is 3. The molecule has 2 aliphatic carbocycles. The fourth-order valence-corrected chi connectivity index (χ4v) is 3.27. The van der Waals surface area contributed by atoms with E-state index >= 15 is 0 Å². The second kappa shape index (κ2) is 3.67. The van der Waals surface area contributed by atoms with Gasteiger partial charge in [0.25, 0.3) is 0 Å². The Labute approximate surface area is 104 Å². The topological polar surface area (TPSA) is 74.7 Å². The van der Waals surface area contributed by atoms with Gasteiger partial charge in [0.1, 0.15) is 5.54 Å². The van der Waals surface area contributed by atoms with Crippen LogP contribution in [0.4, 0.5) is 0 Å². The number of hydrogen-bond acceptors (Lipinski definition) is 3. The van der Waals surface area contributed by atoms with Gasteiger partial charge in [-0.25, -0.2) is 4.79 Å². The molecule has 1 saturated heterocycles. The lowest BCUT2D eigenvalue weighted by molar-refractivity contribution is -0.170. The number of imide groups is 1. The summed E-state index contributed by atoms with van der Waals surface area (Å²) in [6.07, 6.45) is 6.48. The molecule has 0 unspecified atom stereocenters. The molecule has 0 aromatic heterocycles. The molecule has 0 radical (unpaired) electrons. The zero-order valence-electron chi connectivity index (χ0n) is 9.96. The Morgan fingerprint density at radius 3 is 2.00 bits per heavy atom. The molecule has 96 valence electrons. The van der Waals surface area contributed by atoms with Crippen molar-refractivity contribution in [2.24, 2.45) is 11.8 Å². The number of amides is 2. The van der Waals surface area contributed by atoms with Crippen LogP contribution in [0.5, 0.6) is 0 Å². The smallest absolute Gasteiger partial charge is 0.330 e. The summed E-state index contributed by atoms with van der Waals surface area (Å²) >= 11 is 0. The van der Waals surface area contributed by atoms with Crippen LogP contribution < -0.4 is 0 Å². The largest absolute Gasteiger partial charge is 0.479 e. The molecule has 1 heterocycles. The minimum atomic E-state index is -1.24. The van der Waals surface area contributed by atoms with Crippen molar-refractivity contribution in [2.45, 2.75) is 37.6 Å². The molecule has 1 saturated carbocycles. The van der Waals surface area contributed by atoms with Crippen LogP contribution in [-0.2, 0) is 14.4 Å². The number of nitrogens with zero attached hydrogens (tertiary/aromatic N) is 1. The highest BCUT2D eigenvalue weighted by Gasteiger charge is 2.60. The van der Waals surface area contributed by atoms with Gasteiger partial charge in [-0.1, -0.05) is 12.2 Å². The van der Waals surface area contributed by atoms with Gasteiger partial charge in [0.15, 0.2) is 0 Å². The molecule has 0 aromatic rings. The first-order valence-electron chi connectivity index (χ1n) is 6.34. The van der Waals surface area contributed by atoms with Crippen molar-refractivity contribution < 1.29 is 19.5 Å². The Kier molecular flexibility index (Phi) is 2.33. The van der Waals surface area contributed by atoms with Crippen molar-refractivity contribution in [3.63, 3.8) is 0 Å². The van der Waals surface area contributed by atoms with E-state index < -0.39 is 11.5 Å². The zero-order chi connectivity index (χ0) is 12.9. The first-order chi connectivity index (χ1) is 8.58. The molecular formula is C13H15NO4. The average molecular weight is 249 g/mol. The SMILES string of the molecule is O=C1[C@H]2CC=CC[C@H]2C(=O)N1C1(C(=O)O)CCC1. The number of aliphatic carboxylic acids is 1. The van der Waals surface area contributed by atoms with Gasteiger partial charge in [0.05, 0.1) is 11.8 Å². The summed E-state index contributed by atoms with van der Waals surface area (Å²) in [6.45, 7) is 0. The fraction of sp³-hybridized carbons (Fsp3) is 0.615. The van der Waals surface area contributed by atoms with Gasteiger partial charge in [-0.3, -0.25) is 14.5 Å². The Hall–Kier alpha value is -1.65. The minimum Gasteiger partial charge on any atom is -0.479 e. The van der Waals surface area contributed by atoms with E-state index in [2.05, 4.69) is 0 Å². The van der Waals surface area contributed by atoms with Crippen LogP contribution in [0, 0.1) is 11.8 Å². The molecule has 3 rings (SSSR count). The molecule has 2 amide bonds. The summed E-state index contributed by atoms with van der Waals surface area (Å²) in [5.41, 5.74) is -1.24. The summed E-state index contributed by atoms with van der Waals surface area (Å²) < 4.78 is 0. The first-order valence-corrected chi connectivity index (χ1v) is 6.34. The third-order valence-corrected chi connectivity index (χ3v) is 4.51. The lowest BCUT2D eigenvalue weighted by Gasteiger charge is -2.43. The standard InChI is InChI=1S/C13H15NO4/c15-10-8-4-1-2-5-9(8)11(16)14(10)13(12(17)18)6-3-7-13/h1-2,8-9H,3-7H2,(H,17,18)/t8-,9+. The van der Waals surface area contributed by atoms with Crippen LogP contribution in [0.1, 0.15) is 32.1 Å². The van der Waals surface area contributed by atoms with Gasteiger partial charge < -0.3 is 5.11 Å². The number of carbonyl (C=O) groups excluding carboxylic acids is 2. The second-order valence-corrected chi connectivity index (χ2v) is 5.36. The van der Waals surface area contributed by atoms with Gasteiger partial charge >= 0.3 is 5.97 Å². The van der Waals surface area contributed by atoms with Crippen LogP contribution in [0.2, 0.25) is 0 Å². The highest BCUT2D eigenvalue weighted by molar-refractivity contribution is 6.09. The van der Waals surface area contributed by atoms with Crippen molar-refractivity contribution in [3.8, 4) is 0 Å². The molecule has 2 atom stereocenters. The highest BCUT2D eigenvalue weighted by atomic mass is 16.4. The molecule has 3 aliphatic rings. The van der Waals surface area contributed by atoms with Crippen LogP contribution in [0.25, 0.3) is 0 Å². The van der Waals surface area contributed by atoms with E-state index in [1.165, 1.54) is 0 Å². The molecule has 5 heteroatoms. The van der Waals surface area contributed by atoms with Gasteiger partial charge in [0.2, 0.25) is 11.8 Å². The van der Waals surface area contributed by atoms with Crippen molar-refractivity contribution in [2.75, 3.05) is 0 Å². The fourth-order valence-electron chi connectivity index (χ4n) is 3.27. The lowest BCUT2D eigenvalue weighted by atomic mass is 9.75. The highest BCUT2D eigenvalue weighted by Crippen LogP contribution is 2.45. The molecule has 2 fully saturated rings. The van der Waals surface area contributed by atoms with E-state index in [0.29, 0.717) is 25.7 Å². The molecule has 18 heavy (non-hydrogen) atoms. The van der Waals surface area contributed by atoms with E-state index in [1.807, 2.05) is 12.2 Å². The van der Waals surface area contributed by atoms with Gasteiger partial charge in [-0.2, -0.15) is 0 Å². The van der Waals surface area contributed by atoms with Gasteiger partial charge in [-0.15, -0.1) is 0 Å². The van der Waals surface area contributed by atoms with E-state index in [9.17, 15) is 19.5 Å². The van der Waals surface area contributed by atoms with E-state index in [-0.39, 0.29) is 23.7 Å². The predicted octanol–water partition coefficient (Wildman–Crippen LogP) is 0.945. The van der Waals surface area contributed by atoms with Gasteiger partial charge in [0, 0.05) is 0 Å². The number of carboxylic acid groups (broad SMARTS) is 1. The summed E-state index contributed by atoms with van der Waals surface area (Å²) in [5.74, 6) is -2.27. The quantitative estimate of drug-likeness (QED) is 0.584. The van der Waals surface area contributed by atoms with Crippen molar-refractivity contribution >= 4 is 17.8 Å². The monoisotopic (exact) mass is 249 g/mol. The number of allylic oxidation sites excluding steroid dienone is 2. The number of likely N-dealkylation sites (tertiary alicyclic amines) is 1. The van der Waals surface area contributed by atoms with E-state index in [4.69, 9.17) is 0 Å². The molecule has 0 spiro atoms. The summed E-state index contributed by atoms with van der Waals surface area (Å²) in [6, 6.07) is 0. The van der Waals surface area contributed by atoms with Crippen molar-refractivity contribution in [3.05, 3.63) is 12.2 Å². The Balaban J connectivity index is 1.97. The van der Waals surface area contributed by atoms with Gasteiger partial charge in [-0.05, 0) is 32.1 Å². The molecule has 1 N–H and O–H groups in total. The number of fused-ring (bicyclic) bond motifs is 1. The maximum Gasteiger partial charge on any atom is 0.330 e. The van der Waals surface area contributed by atoms with E-state index in [0.717, 1.165) is 11.3 Å². The lowest BCUT2D eigenvalue weighted by Crippen LogP contribution is -2.61. The third-order valence-electron chi connectivity index (χ3n) is 4.51. The molecular weight excluding hydrogens is 234 g/mol. The number of rotatable bonds is 2. The Morgan fingerprint density at radius 2 is 1.67 bits per heavy atom. The maximum absolute atomic E-state index is 12.3. The summed E-state index contributed by atoms with van der Waals surface area (Å²) in [7, 11) is 0. The molecule has 0 bridgehead atoms. The first kappa shape index (κ1) is 11.4. The van der Waals surface area contributed by atoms with Crippen LogP contribution in [0.3, 0.4) is 0 Å².